The Morgan fingerprint density at radius 3 is 2.85 bits per heavy atom. The summed E-state index contributed by atoms with van der Waals surface area (Å²) in [4.78, 5) is 11.2. The van der Waals surface area contributed by atoms with Gasteiger partial charge in [-0.2, -0.15) is 0 Å². The van der Waals surface area contributed by atoms with Crippen LogP contribution in [-0.2, 0) is 16.1 Å². The van der Waals surface area contributed by atoms with Crippen molar-refractivity contribution in [1.29, 1.82) is 0 Å². The minimum Gasteiger partial charge on any atom is -0.477 e. The second-order valence-electron chi connectivity index (χ2n) is 4.31. The fraction of sp³-hybridized carbons (Fsp3) is 0.500. The summed E-state index contributed by atoms with van der Waals surface area (Å²) in [7, 11) is 1.61. The van der Waals surface area contributed by atoms with Crippen LogP contribution < -0.4 is 15.8 Å². The molecule has 1 amide bonds. The van der Waals surface area contributed by atoms with Crippen molar-refractivity contribution in [2.24, 2.45) is 5.73 Å². The molecule has 0 aromatic heterocycles. The second kappa shape index (κ2) is 8.50. The minimum atomic E-state index is -0.829. The van der Waals surface area contributed by atoms with Crippen LogP contribution in [0.1, 0.15) is 18.9 Å². The third-order valence-electron chi connectivity index (χ3n) is 2.80. The van der Waals surface area contributed by atoms with Gasteiger partial charge in [0.15, 0.2) is 17.7 Å². The Hall–Kier alpha value is -1.66. The molecule has 0 radical (unpaired) electrons. The molecule has 0 spiro atoms. The van der Waals surface area contributed by atoms with Crippen LogP contribution in [-0.4, -0.2) is 32.3 Å². The fourth-order valence-corrected chi connectivity index (χ4v) is 1.71. The first-order valence-electron chi connectivity index (χ1n) is 6.53. The van der Waals surface area contributed by atoms with Crippen LogP contribution in [0.15, 0.2) is 18.2 Å². The Labute approximate surface area is 118 Å². The molecule has 1 atom stereocenters. The van der Waals surface area contributed by atoms with Gasteiger partial charge in [0.1, 0.15) is 0 Å². The number of benzene rings is 1. The van der Waals surface area contributed by atoms with Gasteiger partial charge in [-0.25, -0.2) is 4.39 Å². The van der Waals surface area contributed by atoms with Gasteiger partial charge in [0.2, 0.25) is 0 Å². The Morgan fingerprint density at radius 1 is 1.50 bits per heavy atom. The number of methoxy groups -OCH3 is 1. The number of nitrogens with two attached hydrogens (primary N) is 1. The number of para-hydroxylation sites is 1. The third kappa shape index (κ3) is 4.79. The molecule has 0 aliphatic heterocycles. The quantitative estimate of drug-likeness (QED) is 0.668. The highest BCUT2D eigenvalue weighted by Crippen LogP contribution is 2.24. The molecule has 0 saturated heterocycles. The highest BCUT2D eigenvalue weighted by Gasteiger charge is 2.19. The van der Waals surface area contributed by atoms with Gasteiger partial charge in [-0.1, -0.05) is 19.1 Å². The molecule has 1 aromatic carbocycles. The van der Waals surface area contributed by atoms with E-state index < -0.39 is 17.8 Å². The van der Waals surface area contributed by atoms with Crippen molar-refractivity contribution in [2.45, 2.75) is 26.0 Å². The number of primary amides is 1. The van der Waals surface area contributed by atoms with E-state index in [9.17, 15) is 9.18 Å². The highest BCUT2D eigenvalue weighted by molar-refractivity contribution is 5.79. The number of hydrogen-bond acceptors (Lipinski definition) is 4. The summed E-state index contributed by atoms with van der Waals surface area (Å²) >= 11 is 0. The fourth-order valence-electron chi connectivity index (χ4n) is 1.71. The number of hydrogen-bond donors (Lipinski definition) is 2. The van der Waals surface area contributed by atoms with Gasteiger partial charge in [0.05, 0.1) is 6.61 Å². The van der Waals surface area contributed by atoms with Crippen molar-refractivity contribution in [3.63, 3.8) is 0 Å². The number of carbonyl (C=O) groups excluding carboxylic acids is 1. The number of rotatable bonds is 9. The SMILES string of the molecule is CCC(Oc1c(F)cccc1CNCCOC)C(N)=O. The highest BCUT2D eigenvalue weighted by atomic mass is 19.1. The maximum absolute atomic E-state index is 13.9. The van der Waals surface area contributed by atoms with E-state index in [0.717, 1.165) is 0 Å². The maximum Gasteiger partial charge on any atom is 0.258 e. The summed E-state index contributed by atoms with van der Waals surface area (Å²) in [5.74, 6) is -1.03. The molecule has 3 N–H and O–H groups in total. The molecule has 0 aliphatic rings. The van der Waals surface area contributed by atoms with E-state index in [-0.39, 0.29) is 5.75 Å². The lowest BCUT2D eigenvalue weighted by Gasteiger charge is -2.18. The molecule has 1 aromatic rings. The Bertz CT molecular complexity index is 440. The summed E-state index contributed by atoms with van der Waals surface area (Å²) in [5, 5.41) is 3.10. The lowest BCUT2D eigenvalue weighted by atomic mass is 10.1. The van der Waals surface area contributed by atoms with Gasteiger partial charge in [-0.05, 0) is 12.5 Å². The van der Waals surface area contributed by atoms with E-state index >= 15 is 0 Å². The summed E-state index contributed by atoms with van der Waals surface area (Å²) < 4.78 is 24.2. The first kappa shape index (κ1) is 16.4. The van der Waals surface area contributed by atoms with Gasteiger partial charge >= 0.3 is 0 Å². The van der Waals surface area contributed by atoms with E-state index in [1.807, 2.05) is 0 Å². The molecule has 20 heavy (non-hydrogen) atoms. The topological polar surface area (TPSA) is 73.6 Å². The van der Waals surface area contributed by atoms with E-state index in [1.165, 1.54) is 6.07 Å². The lowest BCUT2D eigenvalue weighted by Crippen LogP contribution is -2.33. The summed E-state index contributed by atoms with van der Waals surface area (Å²) in [6.45, 7) is 3.38. The number of amides is 1. The van der Waals surface area contributed by atoms with Crippen LogP contribution >= 0.6 is 0 Å². The van der Waals surface area contributed by atoms with E-state index in [4.69, 9.17) is 15.2 Å². The van der Waals surface area contributed by atoms with Gasteiger partial charge in [0.25, 0.3) is 5.91 Å². The number of carbonyl (C=O) groups is 1. The summed E-state index contributed by atoms with van der Waals surface area (Å²) in [6, 6.07) is 4.63. The molecular weight excluding hydrogens is 263 g/mol. The van der Waals surface area contributed by atoms with Crippen LogP contribution in [0, 0.1) is 5.82 Å². The zero-order valence-corrected chi connectivity index (χ0v) is 11.8. The standard InChI is InChI=1S/C14H21FN2O3/c1-3-12(14(16)18)20-13-10(5-4-6-11(13)15)9-17-7-8-19-2/h4-6,12,17H,3,7-9H2,1-2H3,(H2,16,18). The van der Waals surface area contributed by atoms with Crippen molar-refractivity contribution >= 4 is 5.91 Å². The molecule has 0 bridgehead atoms. The Morgan fingerprint density at radius 2 is 2.25 bits per heavy atom. The van der Waals surface area contributed by atoms with Crippen LogP contribution in [0.3, 0.4) is 0 Å². The Kier molecular flexibility index (Phi) is 6.97. The second-order valence-corrected chi connectivity index (χ2v) is 4.31. The molecule has 112 valence electrons. The first-order valence-corrected chi connectivity index (χ1v) is 6.53. The van der Waals surface area contributed by atoms with Crippen LogP contribution in [0.4, 0.5) is 4.39 Å². The molecule has 6 heteroatoms. The molecular formula is C14H21FN2O3. The number of ether oxygens (including phenoxy) is 2. The minimum absolute atomic E-state index is 0.0723. The Balaban J connectivity index is 2.79. The van der Waals surface area contributed by atoms with Gasteiger partial charge in [-0.3, -0.25) is 4.79 Å². The maximum atomic E-state index is 13.9. The summed E-state index contributed by atoms with van der Waals surface area (Å²) in [5.41, 5.74) is 5.86. The van der Waals surface area contributed by atoms with Crippen LogP contribution in [0.5, 0.6) is 5.75 Å². The monoisotopic (exact) mass is 284 g/mol. The predicted molar refractivity (Wildman–Crippen MR) is 73.9 cm³/mol. The van der Waals surface area contributed by atoms with Crippen molar-refractivity contribution in [1.82, 2.24) is 5.32 Å². The third-order valence-corrected chi connectivity index (χ3v) is 2.80. The normalized spacial score (nSPS) is 12.2. The largest absolute Gasteiger partial charge is 0.477 e. The van der Waals surface area contributed by atoms with Gasteiger partial charge < -0.3 is 20.5 Å². The van der Waals surface area contributed by atoms with E-state index in [0.29, 0.717) is 31.7 Å². The molecule has 0 saturated carbocycles. The van der Waals surface area contributed by atoms with Crippen LogP contribution in [0.25, 0.3) is 0 Å². The van der Waals surface area contributed by atoms with Crippen LogP contribution in [0.2, 0.25) is 0 Å². The zero-order valence-electron chi connectivity index (χ0n) is 11.8. The van der Waals surface area contributed by atoms with Crippen molar-refractivity contribution in [3.05, 3.63) is 29.6 Å². The number of nitrogens with one attached hydrogen (secondary N) is 1. The molecule has 1 rings (SSSR count). The average molecular weight is 284 g/mol. The van der Waals surface area contributed by atoms with Crippen molar-refractivity contribution in [2.75, 3.05) is 20.3 Å². The summed E-state index contributed by atoms with van der Waals surface area (Å²) in [6.07, 6.45) is -0.440. The van der Waals surface area contributed by atoms with Gasteiger partial charge in [0, 0.05) is 25.8 Å². The first-order chi connectivity index (χ1) is 9.60. The predicted octanol–water partition coefficient (Wildman–Crippen LogP) is 1.20. The van der Waals surface area contributed by atoms with Crippen molar-refractivity contribution in [3.8, 4) is 5.75 Å². The molecule has 0 heterocycles. The number of halogens is 1. The molecule has 5 nitrogen and oxygen atoms in total. The molecule has 0 aliphatic carbocycles. The van der Waals surface area contributed by atoms with Crippen molar-refractivity contribution < 1.29 is 18.7 Å². The molecule has 1 unspecified atom stereocenters. The zero-order chi connectivity index (χ0) is 15.0. The molecule has 0 fully saturated rings. The van der Waals surface area contributed by atoms with E-state index in [2.05, 4.69) is 5.32 Å². The average Bonchev–Trinajstić information content (AvgIpc) is 2.42. The van der Waals surface area contributed by atoms with Gasteiger partial charge in [-0.15, -0.1) is 0 Å². The smallest absolute Gasteiger partial charge is 0.258 e. The lowest BCUT2D eigenvalue weighted by molar-refractivity contribution is -0.124. The van der Waals surface area contributed by atoms with E-state index in [1.54, 1.807) is 26.2 Å².